The number of fused-ring (bicyclic) bond motifs is 1. The lowest BCUT2D eigenvalue weighted by atomic mass is 10.1. The van der Waals surface area contributed by atoms with Gasteiger partial charge in [-0.1, -0.05) is 34.6 Å². The van der Waals surface area contributed by atoms with E-state index in [0.717, 1.165) is 11.1 Å². The molecular weight excluding hydrogens is 481 g/mol. The van der Waals surface area contributed by atoms with Crippen LogP contribution in [0.15, 0.2) is 62.6 Å². The molecule has 0 unspecified atom stereocenters. The molecule has 0 atom stereocenters. The van der Waals surface area contributed by atoms with Crippen molar-refractivity contribution in [3.05, 3.63) is 86.5 Å². The van der Waals surface area contributed by atoms with E-state index < -0.39 is 0 Å². The Labute approximate surface area is 188 Å². The van der Waals surface area contributed by atoms with Crippen molar-refractivity contribution in [2.24, 2.45) is 0 Å². The second kappa shape index (κ2) is 8.08. The Hall–Kier alpha value is -3.73. The van der Waals surface area contributed by atoms with Gasteiger partial charge in [0.05, 0.1) is 11.0 Å². The summed E-state index contributed by atoms with van der Waals surface area (Å²) in [5, 5.41) is 12.0. The predicted molar refractivity (Wildman–Crippen MR) is 116 cm³/mol. The quantitative estimate of drug-likeness (QED) is 0.368. The van der Waals surface area contributed by atoms with E-state index in [2.05, 4.69) is 41.4 Å². The number of hydrogen-bond acceptors (Lipinski definition) is 7. The molecule has 0 aliphatic rings. The van der Waals surface area contributed by atoms with Gasteiger partial charge in [-0.05, 0) is 52.2 Å². The second-order valence-corrected chi connectivity index (χ2v) is 8.02. The summed E-state index contributed by atoms with van der Waals surface area (Å²) >= 11 is 3.13. The van der Waals surface area contributed by atoms with Crippen molar-refractivity contribution < 1.29 is 8.91 Å². The van der Waals surface area contributed by atoms with E-state index in [9.17, 15) is 9.18 Å². The maximum Gasteiger partial charge on any atom is 0.283 e. The van der Waals surface area contributed by atoms with Gasteiger partial charge in [0.2, 0.25) is 11.7 Å². The van der Waals surface area contributed by atoms with Crippen LogP contribution in [0.1, 0.15) is 17.0 Å². The van der Waals surface area contributed by atoms with Crippen LogP contribution in [0.4, 0.5) is 4.39 Å². The van der Waals surface area contributed by atoms with Gasteiger partial charge in [-0.3, -0.25) is 9.36 Å². The maximum absolute atomic E-state index is 13.5. The summed E-state index contributed by atoms with van der Waals surface area (Å²) in [6.45, 7) is 2.49. The molecule has 0 aliphatic heterocycles. The Balaban J connectivity index is 1.42. The van der Waals surface area contributed by atoms with Crippen LogP contribution in [0.3, 0.4) is 0 Å². The number of halogens is 2. The molecule has 5 aromatic rings. The van der Waals surface area contributed by atoms with Gasteiger partial charge in [-0.2, -0.15) is 4.98 Å². The molecule has 0 spiro atoms. The fourth-order valence-corrected chi connectivity index (χ4v) is 3.65. The van der Waals surface area contributed by atoms with Crippen molar-refractivity contribution >= 4 is 27.1 Å². The largest absolute Gasteiger partial charge is 0.337 e. The third kappa shape index (κ3) is 3.71. The van der Waals surface area contributed by atoms with Crippen LogP contribution in [-0.4, -0.2) is 34.7 Å². The van der Waals surface area contributed by atoms with Gasteiger partial charge in [0, 0.05) is 5.56 Å². The van der Waals surface area contributed by atoms with Crippen molar-refractivity contribution in [2.75, 3.05) is 0 Å². The van der Waals surface area contributed by atoms with Crippen LogP contribution in [0.5, 0.6) is 0 Å². The summed E-state index contributed by atoms with van der Waals surface area (Å²) in [6.07, 6.45) is 1.40. The van der Waals surface area contributed by atoms with Gasteiger partial charge in [-0.15, -0.1) is 5.10 Å². The lowest BCUT2D eigenvalue weighted by Gasteiger charge is -2.06. The first-order valence-electron chi connectivity index (χ1n) is 9.61. The minimum atomic E-state index is -0.390. The summed E-state index contributed by atoms with van der Waals surface area (Å²) in [6, 6.07) is 12.3. The molecule has 9 nitrogen and oxygen atoms in total. The van der Waals surface area contributed by atoms with Crippen LogP contribution in [0.2, 0.25) is 0 Å². The van der Waals surface area contributed by atoms with Crippen LogP contribution >= 0.6 is 15.9 Å². The van der Waals surface area contributed by atoms with Crippen LogP contribution in [0, 0.1) is 12.7 Å². The van der Waals surface area contributed by atoms with E-state index in [-0.39, 0.29) is 35.2 Å². The number of aromatic nitrogens is 7. The first-order chi connectivity index (χ1) is 15.5. The molecule has 160 valence electrons. The minimum absolute atomic E-state index is 0.0157. The fourth-order valence-electron chi connectivity index (χ4n) is 3.27. The number of hydrogen-bond donors (Lipinski definition) is 0. The average molecular weight is 496 g/mol. The van der Waals surface area contributed by atoms with Gasteiger partial charge in [0.25, 0.3) is 5.56 Å². The van der Waals surface area contributed by atoms with Crippen molar-refractivity contribution in [3.8, 4) is 11.4 Å². The molecule has 0 radical (unpaired) electrons. The zero-order valence-corrected chi connectivity index (χ0v) is 18.3. The molecule has 0 saturated carbocycles. The standard InChI is InChI=1S/C21H15BrFN7O2/c1-12-4-2-3-5-14(12)9-30-20-18(26-28-30)21(31)29(11-24-20)10-17-25-19(27-32-17)13-6-7-16(23)15(22)8-13/h2-8,11H,9-10H2,1H3. The number of nitrogens with zero attached hydrogens (tertiary/aromatic N) is 7. The molecule has 2 aromatic carbocycles. The zero-order valence-electron chi connectivity index (χ0n) is 16.7. The summed E-state index contributed by atoms with van der Waals surface area (Å²) in [5.41, 5.74) is 2.95. The number of rotatable bonds is 5. The Morgan fingerprint density at radius 1 is 1.16 bits per heavy atom. The maximum atomic E-state index is 13.5. The van der Waals surface area contributed by atoms with E-state index in [1.807, 2.05) is 31.2 Å². The Morgan fingerprint density at radius 2 is 2.00 bits per heavy atom. The van der Waals surface area contributed by atoms with Gasteiger partial charge >= 0.3 is 0 Å². The Kier molecular flexibility index (Phi) is 5.10. The second-order valence-electron chi connectivity index (χ2n) is 7.16. The van der Waals surface area contributed by atoms with Crippen LogP contribution in [0.25, 0.3) is 22.6 Å². The zero-order chi connectivity index (χ0) is 22.2. The van der Waals surface area contributed by atoms with Gasteiger partial charge in [-0.25, -0.2) is 14.1 Å². The smallest absolute Gasteiger partial charge is 0.283 e. The first-order valence-corrected chi connectivity index (χ1v) is 10.4. The molecule has 11 heteroatoms. The van der Waals surface area contributed by atoms with E-state index >= 15 is 0 Å². The number of benzene rings is 2. The molecule has 3 aromatic heterocycles. The molecule has 0 amide bonds. The highest BCUT2D eigenvalue weighted by Crippen LogP contribution is 2.23. The molecule has 5 rings (SSSR count). The summed E-state index contributed by atoms with van der Waals surface area (Å²) in [4.78, 5) is 21.6. The van der Waals surface area contributed by atoms with Crippen molar-refractivity contribution in [3.63, 3.8) is 0 Å². The third-order valence-corrected chi connectivity index (χ3v) is 5.63. The molecule has 0 bridgehead atoms. The van der Waals surface area contributed by atoms with Gasteiger partial charge in [0.1, 0.15) is 18.7 Å². The van der Waals surface area contributed by atoms with Crippen molar-refractivity contribution in [1.82, 2.24) is 34.7 Å². The molecule has 32 heavy (non-hydrogen) atoms. The molecule has 0 fully saturated rings. The predicted octanol–water partition coefficient (Wildman–Crippen LogP) is 3.34. The third-order valence-electron chi connectivity index (χ3n) is 5.02. The Bertz CT molecular complexity index is 1510. The number of aryl methyl sites for hydroxylation is 1. The highest BCUT2D eigenvalue weighted by molar-refractivity contribution is 9.10. The van der Waals surface area contributed by atoms with E-state index in [1.54, 1.807) is 16.8 Å². The van der Waals surface area contributed by atoms with E-state index in [4.69, 9.17) is 4.52 Å². The molecular formula is C21H15BrFN7O2. The van der Waals surface area contributed by atoms with Gasteiger partial charge < -0.3 is 4.52 Å². The van der Waals surface area contributed by atoms with Crippen LogP contribution < -0.4 is 5.56 Å². The normalized spacial score (nSPS) is 11.3. The SMILES string of the molecule is Cc1ccccc1Cn1nnc2c(=O)n(Cc3nc(-c4ccc(F)c(Br)c4)no3)cnc21. The Morgan fingerprint density at radius 3 is 2.81 bits per heavy atom. The summed E-state index contributed by atoms with van der Waals surface area (Å²) in [7, 11) is 0. The van der Waals surface area contributed by atoms with Crippen LogP contribution in [-0.2, 0) is 13.1 Å². The lowest BCUT2D eigenvalue weighted by Crippen LogP contribution is -2.21. The molecule has 0 N–H and O–H groups in total. The van der Waals surface area contributed by atoms with E-state index in [1.165, 1.54) is 17.0 Å². The first kappa shape index (κ1) is 20.2. The molecule has 3 heterocycles. The minimum Gasteiger partial charge on any atom is -0.337 e. The summed E-state index contributed by atoms with van der Waals surface area (Å²) < 4.78 is 21.9. The monoisotopic (exact) mass is 495 g/mol. The highest BCUT2D eigenvalue weighted by atomic mass is 79.9. The van der Waals surface area contributed by atoms with Crippen molar-refractivity contribution in [2.45, 2.75) is 20.0 Å². The molecule has 0 aliphatic carbocycles. The lowest BCUT2D eigenvalue weighted by molar-refractivity contribution is 0.369. The van der Waals surface area contributed by atoms with Crippen molar-refractivity contribution in [1.29, 1.82) is 0 Å². The average Bonchev–Trinajstić information content (AvgIpc) is 3.41. The summed E-state index contributed by atoms with van der Waals surface area (Å²) in [5.74, 6) is 0.0989. The van der Waals surface area contributed by atoms with E-state index in [0.29, 0.717) is 22.2 Å². The van der Waals surface area contributed by atoms with Gasteiger partial charge in [0.15, 0.2) is 11.2 Å². The highest BCUT2D eigenvalue weighted by Gasteiger charge is 2.16. The fraction of sp³-hybridized carbons (Fsp3) is 0.143. The topological polar surface area (TPSA) is 105 Å². The molecule has 0 saturated heterocycles.